The lowest BCUT2D eigenvalue weighted by Gasteiger charge is -2.07. The number of aromatic nitrogens is 1. The average Bonchev–Trinajstić information content (AvgIpc) is 2.62. The van der Waals surface area contributed by atoms with Crippen LogP contribution in [0.25, 0.3) is 0 Å². The standard InChI is InChI=1S/C19H14FN3O2/c20-13-6-4-9-15(12-13)22-19(25)17-11-5-10-16(23-17)18(24)21-14-7-2-1-3-8-14/h1-12H,(H,21,24)(H,22,25). The molecule has 2 amide bonds. The fourth-order valence-electron chi connectivity index (χ4n) is 2.17. The number of benzene rings is 2. The molecular formula is C19H14FN3O2. The molecule has 1 heterocycles. The molecule has 2 aromatic carbocycles. The van der Waals surface area contributed by atoms with Crippen LogP contribution in [-0.2, 0) is 0 Å². The Hall–Kier alpha value is -3.54. The summed E-state index contributed by atoms with van der Waals surface area (Å²) < 4.78 is 13.2. The molecule has 5 nitrogen and oxygen atoms in total. The Kier molecular flexibility index (Phi) is 4.80. The first-order chi connectivity index (χ1) is 12.1. The molecular weight excluding hydrogens is 321 g/mol. The molecule has 25 heavy (non-hydrogen) atoms. The van der Waals surface area contributed by atoms with Crippen molar-refractivity contribution in [3.63, 3.8) is 0 Å². The summed E-state index contributed by atoms with van der Waals surface area (Å²) in [6, 6.07) is 19.0. The fourth-order valence-corrected chi connectivity index (χ4v) is 2.17. The van der Waals surface area contributed by atoms with Gasteiger partial charge >= 0.3 is 0 Å². The highest BCUT2D eigenvalue weighted by molar-refractivity contribution is 6.06. The van der Waals surface area contributed by atoms with Gasteiger partial charge in [0.05, 0.1) is 0 Å². The summed E-state index contributed by atoms with van der Waals surface area (Å²) in [6.45, 7) is 0. The second-order valence-electron chi connectivity index (χ2n) is 5.19. The fraction of sp³-hybridized carbons (Fsp3) is 0. The van der Waals surface area contributed by atoms with Crippen LogP contribution in [0.3, 0.4) is 0 Å². The van der Waals surface area contributed by atoms with Crippen LogP contribution in [0.1, 0.15) is 21.0 Å². The van der Waals surface area contributed by atoms with Crippen molar-refractivity contribution in [2.45, 2.75) is 0 Å². The van der Waals surface area contributed by atoms with Crippen LogP contribution in [-0.4, -0.2) is 16.8 Å². The number of hydrogen-bond donors (Lipinski definition) is 2. The van der Waals surface area contributed by atoms with Crippen LogP contribution >= 0.6 is 0 Å². The van der Waals surface area contributed by atoms with Crippen molar-refractivity contribution in [1.29, 1.82) is 0 Å². The molecule has 0 saturated heterocycles. The Labute approximate surface area is 143 Å². The van der Waals surface area contributed by atoms with Crippen LogP contribution < -0.4 is 10.6 Å². The SMILES string of the molecule is O=C(Nc1ccccc1)c1cccc(C(=O)Nc2cccc(F)c2)n1. The molecule has 3 rings (SSSR count). The number of carbonyl (C=O) groups is 2. The summed E-state index contributed by atoms with van der Waals surface area (Å²) in [7, 11) is 0. The highest BCUT2D eigenvalue weighted by atomic mass is 19.1. The summed E-state index contributed by atoms with van der Waals surface area (Å²) in [4.78, 5) is 28.5. The third-order valence-corrected chi connectivity index (χ3v) is 3.33. The predicted molar refractivity (Wildman–Crippen MR) is 93.0 cm³/mol. The van der Waals surface area contributed by atoms with Crippen molar-refractivity contribution in [3.8, 4) is 0 Å². The number of hydrogen-bond acceptors (Lipinski definition) is 3. The van der Waals surface area contributed by atoms with Crippen LogP contribution in [0.4, 0.5) is 15.8 Å². The summed E-state index contributed by atoms with van der Waals surface area (Å²) in [5.41, 5.74) is 1.11. The summed E-state index contributed by atoms with van der Waals surface area (Å²) in [6.07, 6.45) is 0. The smallest absolute Gasteiger partial charge is 0.274 e. The maximum absolute atomic E-state index is 13.2. The Bertz CT molecular complexity index is 913. The van der Waals surface area contributed by atoms with E-state index in [0.29, 0.717) is 11.4 Å². The van der Waals surface area contributed by atoms with E-state index in [1.165, 1.54) is 30.3 Å². The molecule has 2 N–H and O–H groups in total. The minimum absolute atomic E-state index is 0.0602. The Morgan fingerprint density at radius 3 is 1.92 bits per heavy atom. The minimum atomic E-state index is -0.528. The van der Waals surface area contributed by atoms with Crippen LogP contribution in [0.2, 0.25) is 0 Å². The van der Waals surface area contributed by atoms with E-state index < -0.39 is 17.6 Å². The first-order valence-corrected chi connectivity index (χ1v) is 7.52. The van der Waals surface area contributed by atoms with E-state index in [9.17, 15) is 14.0 Å². The van der Waals surface area contributed by atoms with Gasteiger partial charge in [0, 0.05) is 11.4 Å². The quantitative estimate of drug-likeness (QED) is 0.763. The van der Waals surface area contributed by atoms with Gasteiger partial charge in [0.2, 0.25) is 0 Å². The van der Waals surface area contributed by atoms with Crippen LogP contribution in [0, 0.1) is 5.82 Å². The number of nitrogens with zero attached hydrogens (tertiary/aromatic N) is 1. The van der Waals surface area contributed by atoms with Gasteiger partial charge in [0.1, 0.15) is 17.2 Å². The van der Waals surface area contributed by atoms with E-state index in [1.54, 1.807) is 36.4 Å². The zero-order chi connectivity index (χ0) is 17.6. The van der Waals surface area contributed by atoms with Gasteiger partial charge in [-0.25, -0.2) is 9.37 Å². The number of halogens is 1. The highest BCUT2D eigenvalue weighted by Gasteiger charge is 2.13. The second-order valence-corrected chi connectivity index (χ2v) is 5.19. The van der Waals surface area contributed by atoms with E-state index in [0.717, 1.165) is 0 Å². The Morgan fingerprint density at radius 2 is 1.28 bits per heavy atom. The molecule has 1 aromatic heterocycles. The monoisotopic (exact) mass is 335 g/mol. The molecule has 0 aliphatic rings. The molecule has 0 saturated carbocycles. The van der Waals surface area contributed by atoms with E-state index in [2.05, 4.69) is 15.6 Å². The number of amides is 2. The van der Waals surface area contributed by atoms with Crippen LogP contribution in [0.5, 0.6) is 0 Å². The number of para-hydroxylation sites is 1. The van der Waals surface area contributed by atoms with Crippen molar-refractivity contribution in [3.05, 3.63) is 90.0 Å². The average molecular weight is 335 g/mol. The van der Waals surface area contributed by atoms with Gasteiger partial charge in [-0.2, -0.15) is 0 Å². The number of carbonyl (C=O) groups excluding carboxylic acids is 2. The molecule has 6 heteroatoms. The van der Waals surface area contributed by atoms with Crippen molar-refractivity contribution < 1.29 is 14.0 Å². The Balaban J connectivity index is 1.74. The van der Waals surface area contributed by atoms with Gasteiger partial charge in [-0.3, -0.25) is 9.59 Å². The molecule has 124 valence electrons. The lowest BCUT2D eigenvalue weighted by atomic mass is 10.2. The van der Waals surface area contributed by atoms with Gasteiger partial charge in [-0.1, -0.05) is 30.3 Å². The number of pyridine rings is 1. The molecule has 0 aliphatic carbocycles. The normalized spacial score (nSPS) is 10.1. The molecule has 0 bridgehead atoms. The number of anilines is 2. The van der Waals surface area contributed by atoms with Gasteiger partial charge in [-0.05, 0) is 42.5 Å². The van der Waals surface area contributed by atoms with E-state index in [1.807, 2.05) is 6.07 Å². The van der Waals surface area contributed by atoms with Gasteiger partial charge in [0.25, 0.3) is 11.8 Å². The molecule has 3 aromatic rings. The predicted octanol–water partition coefficient (Wildman–Crippen LogP) is 3.73. The summed E-state index contributed by atoms with van der Waals surface area (Å²) in [5, 5.41) is 5.24. The zero-order valence-electron chi connectivity index (χ0n) is 13.1. The molecule has 0 aliphatic heterocycles. The maximum Gasteiger partial charge on any atom is 0.274 e. The second kappa shape index (κ2) is 7.35. The van der Waals surface area contributed by atoms with Crippen molar-refractivity contribution in [1.82, 2.24) is 4.98 Å². The zero-order valence-corrected chi connectivity index (χ0v) is 13.1. The highest BCUT2D eigenvalue weighted by Crippen LogP contribution is 2.12. The summed E-state index contributed by atoms with van der Waals surface area (Å²) >= 11 is 0. The van der Waals surface area contributed by atoms with Crippen molar-refractivity contribution in [2.24, 2.45) is 0 Å². The molecule has 0 unspecified atom stereocenters. The Morgan fingerprint density at radius 1 is 0.720 bits per heavy atom. The first kappa shape index (κ1) is 16.3. The largest absolute Gasteiger partial charge is 0.321 e. The minimum Gasteiger partial charge on any atom is -0.321 e. The summed E-state index contributed by atoms with van der Waals surface area (Å²) in [5.74, 6) is -1.41. The third kappa shape index (κ3) is 4.26. The molecule has 0 fully saturated rings. The van der Waals surface area contributed by atoms with Gasteiger partial charge in [-0.15, -0.1) is 0 Å². The van der Waals surface area contributed by atoms with Crippen LogP contribution in [0.15, 0.2) is 72.8 Å². The molecule has 0 spiro atoms. The van der Waals surface area contributed by atoms with Gasteiger partial charge in [0.15, 0.2) is 0 Å². The lowest BCUT2D eigenvalue weighted by Crippen LogP contribution is -2.18. The van der Waals surface area contributed by atoms with E-state index in [4.69, 9.17) is 0 Å². The van der Waals surface area contributed by atoms with Crippen molar-refractivity contribution >= 4 is 23.2 Å². The molecule has 0 atom stereocenters. The topological polar surface area (TPSA) is 71.1 Å². The number of rotatable bonds is 4. The van der Waals surface area contributed by atoms with Crippen molar-refractivity contribution in [2.75, 3.05) is 10.6 Å². The lowest BCUT2D eigenvalue weighted by molar-refractivity contribution is 0.101. The van der Waals surface area contributed by atoms with Gasteiger partial charge < -0.3 is 10.6 Å². The maximum atomic E-state index is 13.2. The third-order valence-electron chi connectivity index (χ3n) is 3.33. The van der Waals surface area contributed by atoms with E-state index in [-0.39, 0.29) is 11.4 Å². The molecule has 0 radical (unpaired) electrons. The first-order valence-electron chi connectivity index (χ1n) is 7.52. The number of nitrogens with one attached hydrogen (secondary N) is 2. The van der Waals surface area contributed by atoms with E-state index >= 15 is 0 Å².